The summed E-state index contributed by atoms with van der Waals surface area (Å²) in [5.74, 6) is 1.00. The second-order valence-electron chi connectivity index (χ2n) is 6.65. The van der Waals surface area contributed by atoms with E-state index in [1.54, 1.807) is 37.6 Å². The molecule has 0 aliphatic carbocycles. The Hall–Kier alpha value is -3.67. The summed E-state index contributed by atoms with van der Waals surface area (Å²) in [6.07, 6.45) is 2.79. The number of methoxy groups -OCH3 is 1. The smallest absolute Gasteiger partial charge is 0.276 e. The van der Waals surface area contributed by atoms with Crippen LogP contribution in [0.2, 0.25) is 0 Å². The highest BCUT2D eigenvalue weighted by molar-refractivity contribution is 5.64. The van der Waals surface area contributed by atoms with E-state index in [9.17, 15) is 9.18 Å². The van der Waals surface area contributed by atoms with Crippen LogP contribution in [0, 0.1) is 5.82 Å². The number of nitrogens with one attached hydrogen (secondary N) is 1. The van der Waals surface area contributed by atoms with Gasteiger partial charge in [0.05, 0.1) is 12.8 Å². The van der Waals surface area contributed by atoms with Gasteiger partial charge in [0, 0.05) is 17.3 Å². The summed E-state index contributed by atoms with van der Waals surface area (Å²) >= 11 is 0. The Bertz CT molecular complexity index is 1150. The molecule has 0 radical (unpaired) electrons. The summed E-state index contributed by atoms with van der Waals surface area (Å²) < 4.78 is 19.9. The fraction of sp³-hybridized carbons (Fsp3) is 0.130. The molecule has 0 amide bonds. The molecule has 0 atom stereocenters. The van der Waals surface area contributed by atoms with Crippen molar-refractivity contribution >= 4 is 0 Å². The van der Waals surface area contributed by atoms with Crippen LogP contribution >= 0.6 is 0 Å². The van der Waals surface area contributed by atoms with E-state index in [4.69, 9.17) is 4.74 Å². The van der Waals surface area contributed by atoms with Crippen molar-refractivity contribution in [2.75, 3.05) is 7.11 Å². The van der Waals surface area contributed by atoms with Gasteiger partial charge < -0.3 is 4.74 Å². The molecule has 0 saturated carbocycles. The first kappa shape index (κ1) is 18.7. The Balaban J connectivity index is 1.75. The topological polar surface area (TPSA) is 59.9 Å². The van der Waals surface area contributed by atoms with E-state index in [1.165, 1.54) is 16.8 Å². The molecule has 0 aliphatic rings. The third-order valence-electron chi connectivity index (χ3n) is 4.82. The molecule has 6 heteroatoms. The van der Waals surface area contributed by atoms with Crippen molar-refractivity contribution in [1.82, 2.24) is 14.8 Å². The minimum absolute atomic E-state index is 0.142. The number of ether oxygens (including phenoxy) is 1. The number of nitrogens with zero attached hydrogens (tertiary/aromatic N) is 2. The van der Waals surface area contributed by atoms with Crippen LogP contribution in [-0.4, -0.2) is 21.9 Å². The molecule has 1 N–H and O–H groups in total. The van der Waals surface area contributed by atoms with Gasteiger partial charge in [-0.05, 0) is 66.9 Å². The number of aromatic nitrogens is 3. The predicted octanol–water partition coefficient (Wildman–Crippen LogP) is 4.16. The van der Waals surface area contributed by atoms with Crippen LogP contribution in [0.5, 0.6) is 5.75 Å². The molecule has 0 aliphatic heterocycles. The van der Waals surface area contributed by atoms with Crippen molar-refractivity contribution in [3.05, 3.63) is 100 Å². The molecule has 2 aromatic heterocycles. The fourth-order valence-corrected chi connectivity index (χ4v) is 3.27. The fourth-order valence-electron chi connectivity index (χ4n) is 3.27. The molecule has 0 bridgehead atoms. The summed E-state index contributed by atoms with van der Waals surface area (Å²) in [7, 11) is 1.61. The number of hydrogen-bond acceptors (Lipinski definition) is 3. The first-order valence-corrected chi connectivity index (χ1v) is 9.30. The average Bonchev–Trinajstić information content (AvgIpc) is 3.10. The SMILES string of the molecule is COc1ccc(-c2[nH]n(-c3ccccn3)c(=O)c2CCc2ccc(F)cc2)cc1. The van der Waals surface area contributed by atoms with Crippen LogP contribution in [0.1, 0.15) is 11.1 Å². The Morgan fingerprint density at radius 3 is 2.41 bits per heavy atom. The van der Waals surface area contributed by atoms with Crippen LogP contribution in [0.15, 0.2) is 77.7 Å². The maximum Gasteiger partial charge on any atom is 0.276 e. The van der Waals surface area contributed by atoms with Crippen LogP contribution in [-0.2, 0) is 12.8 Å². The number of rotatable bonds is 6. The molecule has 0 saturated heterocycles. The van der Waals surface area contributed by atoms with Gasteiger partial charge in [-0.3, -0.25) is 9.89 Å². The minimum Gasteiger partial charge on any atom is -0.497 e. The molecule has 146 valence electrons. The summed E-state index contributed by atoms with van der Waals surface area (Å²) in [5.41, 5.74) is 3.11. The van der Waals surface area contributed by atoms with E-state index >= 15 is 0 Å². The first-order valence-electron chi connectivity index (χ1n) is 9.30. The van der Waals surface area contributed by atoms with E-state index in [-0.39, 0.29) is 11.4 Å². The van der Waals surface area contributed by atoms with Crippen molar-refractivity contribution in [3.8, 4) is 22.8 Å². The number of benzene rings is 2. The van der Waals surface area contributed by atoms with Gasteiger partial charge in [0.2, 0.25) is 0 Å². The number of aromatic amines is 1. The average molecular weight is 389 g/mol. The van der Waals surface area contributed by atoms with Gasteiger partial charge in [-0.1, -0.05) is 18.2 Å². The molecule has 0 fully saturated rings. The Morgan fingerprint density at radius 2 is 1.76 bits per heavy atom. The molecule has 2 heterocycles. The van der Waals surface area contributed by atoms with E-state index in [0.717, 1.165) is 22.6 Å². The van der Waals surface area contributed by atoms with Crippen LogP contribution in [0.25, 0.3) is 17.1 Å². The van der Waals surface area contributed by atoms with E-state index in [2.05, 4.69) is 10.1 Å². The molecular formula is C23H20FN3O2. The van der Waals surface area contributed by atoms with Crippen molar-refractivity contribution in [2.45, 2.75) is 12.8 Å². The van der Waals surface area contributed by atoms with E-state index in [1.807, 2.05) is 30.3 Å². The Kier molecular flexibility index (Phi) is 5.24. The third kappa shape index (κ3) is 3.96. The summed E-state index contributed by atoms with van der Waals surface area (Å²) in [6, 6.07) is 19.3. The van der Waals surface area contributed by atoms with E-state index < -0.39 is 0 Å². The number of pyridine rings is 1. The highest BCUT2D eigenvalue weighted by Crippen LogP contribution is 2.24. The van der Waals surface area contributed by atoms with Gasteiger partial charge in [-0.25, -0.2) is 14.1 Å². The lowest BCUT2D eigenvalue weighted by Crippen LogP contribution is -2.18. The van der Waals surface area contributed by atoms with Gasteiger partial charge in [-0.15, -0.1) is 0 Å². The molecule has 4 rings (SSSR count). The Morgan fingerprint density at radius 1 is 1.00 bits per heavy atom. The number of hydrogen-bond donors (Lipinski definition) is 1. The van der Waals surface area contributed by atoms with Crippen molar-refractivity contribution < 1.29 is 9.13 Å². The molecular weight excluding hydrogens is 369 g/mol. The minimum atomic E-state index is -0.271. The predicted molar refractivity (Wildman–Crippen MR) is 110 cm³/mol. The lowest BCUT2D eigenvalue weighted by Gasteiger charge is -2.05. The zero-order valence-electron chi connectivity index (χ0n) is 15.9. The molecule has 4 aromatic rings. The third-order valence-corrected chi connectivity index (χ3v) is 4.82. The molecule has 5 nitrogen and oxygen atoms in total. The standard InChI is InChI=1S/C23H20FN3O2/c1-29-19-12-8-17(9-13-19)22-20(14-7-16-5-10-18(24)11-6-16)23(28)27(26-22)21-4-2-3-15-25-21/h2-6,8-13,15,26H,7,14H2,1H3. The summed E-state index contributed by atoms with van der Waals surface area (Å²) in [5, 5.41) is 3.21. The van der Waals surface area contributed by atoms with Crippen molar-refractivity contribution in [2.24, 2.45) is 0 Å². The zero-order valence-corrected chi connectivity index (χ0v) is 15.9. The second-order valence-corrected chi connectivity index (χ2v) is 6.65. The van der Waals surface area contributed by atoms with E-state index in [0.29, 0.717) is 24.2 Å². The van der Waals surface area contributed by atoms with Crippen LogP contribution < -0.4 is 10.3 Å². The second kappa shape index (κ2) is 8.14. The first-order chi connectivity index (χ1) is 14.2. The van der Waals surface area contributed by atoms with Crippen LogP contribution in [0.3, 0.4) is 0 Å². The number of aryl methyl sites for hydroxylation is 1. The maximum atomic E-state index is 13.2. The largest absolute Gasteiger partial charge is 0.497 e. The quantitative estimate of drug-likeness (QED) is 0.539. The summed E-state index contributed by atoms with van der Waals surface area (Å²) in [4.78, 5) is 17.5. The van der Waals surface area contributed by atoms with Crippen LogP contribution in [0.4, 0.5) is 4.39 Å². The van der Waals surface area contributed by atoms with Crippen molar-refractivity contribution in [3.63, 3.8) is 0 Å². The lowest BCUT2D eigenvalue weighted by molar-refractivity contribution is 0.415. The van der Waals surface area contributed by atoms with Gasteiger partial charge in [0.1, 0.15) is 11.6 Å². The van der Waals surface area contributed by atoms with Gasteiger partial charge in [0.25, 0.3) is 5.56 Å². The maximum absolute atomic E-state index is 13.2. The number of H-pyrrole nitrogens is 1. The molecule has 0 unspecified atom stereocenters. The molecule has 0 spiro atoms. The molecule has 2 aromatic carbocycles. The van der Waals surface area contributed by atoms with Gasteiger partial charge >= 0.3 is 0 Å². The Labute approximate surface area is 167 Å². The number of halogens is 1. The summed E-state index contributed by atoms with van der Waals surface area (Å²) in [6.45, 7) is 0. The lowest BCUT2D eigenvalue weighted by atomic mass is 10.0. The van der Waals surface area contributed by atoms with Crippen molar-refractivity contribution in [1.29, 1.82) is 0 Å². The highest BCUT2D eigenvalue weighted by atomic mass is 19.1. The van der Waals surface area contributed by atoms with Gasteiger partial charge in [0.15, 0.2) is 5.82 Å². The normalized spacial score (nSPS) is 10.8. The van der Waals surface area contributed by atoms with Gasteiger partial charge in [-0.2, -0.15) is 0 Å². The monoisotopic (exact) mass is 389 g/mol. The zero-order chi connectivity index (χ0) is 20.2. The highest BCUT2D eigenvalue weighted by Gasteiger charge is 2.17. The molecule has 29 heavy (non-hydrogen) atoms.